The third-order valence-electron chi connectivity index (χ3n) is 3.88. The molecule has 1 aromatic rings. The van der Waals surface area contributed by atoms with Crippen molar-refractivity contribution in [3.05, 3.63) is 34.9 Å². The number of benzene rings is 1. The van der Waals surface area contributed by atoms with E-state index in [0.717, 1.165) is 12.0 Å². The summed E-state index contributed by atoms with van der Waals surface area (Å²) >= 11 is 0. The SMILES string of the molecule is O=C(O)c1ccc(CCC2CCCC2)c(C(=O)O)c1. The van der Waals surface area contributed by atoms with E-state index in [-0.39, 0.29) is 11.1 Å². The van der Waals surface area contributed by atoms with Gasteiger partial charge in [-0.1, -0.05) is 31.7 Å². The predicted octanol–water partition coefficient (Wildman–Crippen LogP) is 3.21. The molecular weight excluding hydrogens is 244 g/mol. The van der Waals surface area contributed by atoms with Gasteiger partial charge in [-0.25, -0.2) is 9.59 Å². The second-order valence-corrected chi connectivity index (χ2v) is 5.17. The topological polar surface area (TPSA) is 74.6 Å². The fraction of sp³-hybridized carbons (Fsp3) is 0.467. The Morgan fingerprint density at radius 2 is 1.79 bits per heavy atom. The first-order valence-corrected chi connectivity index (χ1v) is 6.67. The molecule has 19 heavy (non-hydrogen) atoms. The average Bonchev–Trinajstić information content (AvgIpc) is 2.89. The third-order valence-corrected chi connectivity index (χ3v) is 3.88. The lowest BCUT2D eigenvalue weighted by molar-refractivity contribution is 0.0695. The summed E-state index contributed by atoms with van der Waals surface area (Å²) in [5.41, 5.74) is 0.893. The van der Waals surface area contributed by atoms with Gasteiger partial charge in [-0.3, -0.25) is 0 Å². The first kappa shape index (κ1) is 13.6. The van der Waals surface area contributed by atoms with Gasteiger partial charge in [-0.05, 0) is 36.5 Å². The molecule has 0 bridgehead atoms. The van der Waals surface area contributed by atoms with Crippen LogP contribution in [0.1, 0.15) is 58.4 Å². The number of hydrogen-bond donors (Lipinski definition) is 2. The van der Waals surface area contributed by atoms with Crippen molar-refractivity contribution >= 4 is 11.9 Å². The lowest BCUT2D eigenvalue weighted by atomic mass is 9.94. The molecule has 2 N–H and O–H groups in total. The summed E-state index contributed by atoms with van der Waals surface area (Å²) in [4.78, 5) is 22.1. The molecule has 4 nitrogen and oxygen atoms in total. The number of carboxylic acids is 2. The lowest BCUT2D eigenvalue weighted by Crippen LogP contribution is -2.07. The summed E-state index contributed by atoms with van der Waals surface area (Å²) in [5, 5.41) is 18.1. The highest BCUT2D eigenvalue weighted by Gasteiger charge is 2.18. The number of carbonyl (C=O) groups is 2. The Morgan fingerprint density at radius 1 is 1.11 bits per heavy atom. The van der Waals surface area contributed by atoms with Gasteiger partial charge in [-0.15, -0.1) is 0 Å². The molecule has 102 valence electrons. The van der Waals surface area contributed by atoms with E-state index in [2.05, 4.69) is 0 Å². The summed E-state index contributed by atoms with van der Waals surface area (Å²) in [7, 11) is 0. The van der Waals surface area contributed by atoms with E-state index in [1.807, 2.05) is 0 Å². The summed E-state index contributed by atoms with van der Waals surface area (Å²) in [6, 6.07) is 4.38. The third kappa shape index (κ3) is 3.34. The van der Waals surface area contributed by atoms with Gasteiger partial charge in [0.1, 0.15) is 0 Å². The molecular formula is C15H18O4. The fourth-order valence-corrected chi connectivity index (χ4v) is 2.79. The Balaban J connectivity index is 2.14. The van der Waals surface area contributed by atoms with Crippen molar-refractivity contribution in [2.75, 3.05) is 0 Å². The Labute approximate surface area is 112 Å². The number of hydrogen-bond acceptors (Lipinski definition) is 2. The number of rotatable bonds is 5. The highest BCUT2D eigenvalue weighted by Crippen LogP contribution is 2.29. The van der Waals surface area contributed by atoms with Crippen molar-refractivity contribution in [3.8, 4) is 0 Å². The van der Waals surface area contributed by atoms with Crippen LogP contribution >= 0.6 is 0 Å². The molecule has 1 aromatic carbocycles. The van der Waals surface area contributed by atoms with Gasteiger partial charge in [0.2, 0.25) is 0 Å². The van der Waals surface area contributed by atoms with Crippen LogP contribution in [0.5, 0.6) is 0 Å². The molecule has 0 atom stereocenters. The molecule has 0 aliphatic heterocycles. The van der Waals surface area contributed by atoms with Crippen LogP contribution in [0.4, 0.5) is 0 Å². The highest BCUT2D eigenvalue weighted by atomic mass is 16.4. The van der Waals surface area contributed by atoms with Crippen molar-refractivity contribution in [1.29, 1.82) is 0 Å². The Bertz CT molecular complexity index is 487. The molecule has 2 rings (SSSR count). The predicted molar refractivity (Wildman–Crippen MR) is 70.6 cm³/mol. The molecule has 0 unspecified atom stereocenters. The van der Waals surface area contributed by atoms with Gasteiger partial charge in [0, 0.05) is 0 Å². The average molecular weight is 262 g/mol. The van der Waals surface area contributed by atoms with Crippen LogP contribution in [0, 0.1) is 5.92 Å². The second kappa shape index (κ2) is 5.87. The summed E-state index contributed by atoms with van der Waals surface area (Å²) in [5.74, 6) is -1.45. The van der Waals surface area contributed by atoms with E-state index in [4.69, 9.17) is 5.11 Å². The van der Waals surface area contributed by atoms with Crippen LogP contribution < -0.4 is 0 Å². The van der Waals surface area contributed by atoms with Crippen molar-refractivity contribution in [2.45, 2.75) is 38.5 Å². The normalized spacial score (nSPS) is 15.6. The van der Waals surface area contributed by atoms with E-state index in [1.165, 1.54) is 37.8 Å². The Morgan fingerprint density at radius 3 is 2.37 bits per heavy atom. The second-order valence-electron chi connectivity index (χ2n) is 5.17. The van der Waals surface area contributed by atoms with Crippen molar-refractivity contribution in [2.24, 2.45) is 5.92 Å². The maximum atomic E-state index is 11.2. The molecule has 0 aromatic heterocycles. The smallest absolute Gasteiger partial charge is 0.335 e. The molecule has 1 fully saturated rings. The molecule has 1 saturated carbocycles. The Hall–Kier alpha value is -1.84. The van der Waals surface area contributed by atoms with Gasteiger partial charge in [-0.2, -0.15) is 0 Å². The first-order chi connectivity index (χ1) is 9.08. The monoisotopic (exact) mass is 262 g/mol. The standard InChI is InChI=1S/C15H18O4/c16-14(17)12-8-7-11(13(9-12)15(18)19)6-5-10-3-1-2-4-10/h7-10H,1-6H2,(H,16,17)(H,18,19). The quantitative estimate of drug-likeness (QED) is 0.854. The first-order valence-electron chi connectivity index (χ1n) is 6.67. The summed E-state index contributed by atoms with van der Waals surface area (Å²) < 4.78 is 0. The molecule has 0 amide bonds. The van der Waals surface area contributed by atoms with Gasteiger partial charge in [0.15, 0.2) is 0 Å². The molecule has 1 aliphatic rings. The van der Waals surface area contributed by atoms with Crippen LogP contribution in [0.15, 0.2) is 18.2 Å². The maximum Gasteiger partial charge on any atom is 0.335 e. The molecule has 0 radical (unpaired) electrons. The minimum Gasteiger partial charge on any atom is -0.478 e. The van der Waals surface area contributed by atoms with E-state index in [1.54, 1.807) is 6.07 Å². The van der Waals surface area contributed by atoms with Gasteiger partial charge in [0.05, 0.1) is 11.1 Å². The van der Waals surface area contributed by atoms with E-state index >= 15 is 0 Å². The summed E-state index contributed by atoms with van der Waals surface area (Å²) in [6.45, 7) is 0. The molecule has 0 heterocycles. The Kier molecular flexibility index (Phi) is 4.20. The summed E-state index contributed by atoms with van der Waals surface area (Å²) in [6.07, 6.45) is 6.72. The van der Waals surface area contributed by atoms with E-state index in [0.29, 0.717) is 12.3 Å². The van der Waals surface area contributed by atoms with Crippen molar-refractivity contribution < 1.29 is 19.8 Å². The fourth-order valence-electron chi connectivity index (χ4n) is 2.79. The molecule has 0 spiro atoms. The lowest BCUT2D eigenvalue weighted by Gasteiger charge is -2.11. The number of aromatic carboxylic acids is 2. The minimum atomic E-state index is -1.09. The minimum absolute atomic E-state index is 0.0296. The van der Waals surface area contributed by atoms with Crippen LogP contribution in [-0.4, -0.2) is 22.2 Å². The van der Waals surface area contributed by atoms with Gasteiger partial charge < -0.3 is 10.2 Å². The van der Waals surface area contributed by atoms with Crippen molar-refractivity contribution in [3.63, 3.8) is 0 Å². The molecule has 4 heteroatoms. The highest BCUT2D eigenvalue weighted by molar-refractivity contribution is 5.94. The van der Waals surface area contributed by atoms with Crippen LogP contribution in [0.25, 0.3) is 0 Å². The molecule has 0 saturated heterocycles. The van der Waals surface area contributed by atoms with Crippen LogP contribution in [0.2, 0.25) is 0 Å². The van der Waals surface area contributed by atoms with Crippen LogP contribution in [0.3, 0.4) is 0 Å². The van der Waals surface area contributed by atoms with Gasteiger partial charge >= 0.3 is 11.9 Å². The number of carboxylic acid groups (broad SMARTS) is 2. The zero-order valence-electron chi connectivity index (χ0n) is 10.8. The zero-order valence-corrected chi connectivity index (χ0v) is 10.8. The van der Waals surface area contributed by atoms with E-state index in [9.17, 15) is 14.7 Å². The maximum absolute atomic E-state index is 11.2. The zero-order chi connectivity index (χ0) is 13.8. The van der Waals surface area contributed by atoms with E-state index < -0.39 is 11.9 Å². The number of aryl methyl sites for hydroxylation is 1. The molecule has 1 aliphatic carbocycles. The van der Waals surface area contributed by atoms with Gasteiger partial charge in [0.25, 0.3) is 0 Å². The van der Waals surface area contributed by atoms with Crippen LogP contribution in [-0.2, 0) is 6.42 Å². The largest absolute Gasteiger partial charge is 0.478 e. The van der Waals surface area contributed by atoms with Crippen molar-refractivity contribution in [1.82, 2.24) is 0 Å².